The summed E-state index contributed by atoms with van der Waals surface area (Å²) in [5, 5.41) is 0. The van der Waals surface area contributed by atoms with Crippen molar-refractivity contribution in [1.82, 2.24) is 0 Å². The van der Waals surface area contributed by atoms with Crippen molar-refractivity contribution < 1.29 is 22.5 Å². The van der Waals surface area contributed by atoms with Gasteiger partial charge in [-0.2, -0.15) is 4.21 Å². The zero-order chi connectivity index (χ0) is 13.8. The second-order valence-corrected chi connectivity index (χ2v) is 5.95. The minimum absolute atomic E-state index is 0.220. The van der Waals surface area contributed by atoms with Crippen molar-refractivity contribution in [1.29, 1.82) is 0 Å². The van der Waals surface area contributed by atoms with Gasteiger partial charge >= 0.3 is 0 Å². The monoisotopic (exact) mass is 308 g/mol. The van der Waals surface area contributed by atoms with E-state index in [2.05, 4.69) is 28.0 Å². The summed E-state index contributed by atoms with van der Waals surface area (Å²) in [6.07, 6.45) is 0. The fourth-order valence-corrected chi connectivity index (χ4v) is 2.46. The molecule has 0 radical (unpaired) electrons. The molecular formula is C10H12O5S3. The van der Waals surface area contributed by atoms with Crippen LogP contribution < -0.4 is 4.74 Å². The molecule has 0 heterocycles. The molecule has 1 aromatic rings. The number of hydrogen-bond acceptors (Lipinski definition) is 6. The van der Waals surface area contributed by atoms with E-state index in [1.165, 1.54) is 6.07 Å². The highest BCUT2D eigenvalue weighted by Crippen LogP contribution is 2.22. The molecular weight excluding hydrogens is 296 g/mol. The van der Waals surface area contributed by atoms with Crippen LogP contribution in [0.5, 0.6) is 5.75 Å². The Bertz CT molecular complexity index is 526. The van der Waals surface area contributed by atoms with Gasteiger partial charge < -0.3 is 4.74 Å². The Morgan fingerprint density at radius 2 is 2.17 bits per heavy atom. The summed E-state index contributed by atoms with van der Waals surface area (Å²) >= 11 is 7.96. The number of hydrogen-bond donors (Lipinski definition) is 2. The van der Waals surface area contributed by atoms with Gasteiger partial charge in [-0.15, -0.1) is 12.6 Å². The summed E-state index contributed by atoms with van der Waals surface area (Å²) in [6.45, 7) is 2.17. The number of benzene rings is 1. The molecule has 0 aliphatic carbocycles. The Labute approximate surface area is 116 Å². The fraction of sp³-hybridized carbons (Fsp3) is 0.300. The van der Waals surface area contributed by atoms with Gasteiger partial charge in [0.1, 0.15) is 5.75 Å². The zero-order valence-corrected chi connectivity index (χ0v) is 12.0. The lowest BCUT2D eigenvalue weighted by Gasteiger charge is -2.13. The molecule has 0 bridgehead atoms. The molecule has 0 fully saturated rings. The Balaban J connectivity index is 2.96. The van der Waals surface area contributed by atoms with E-state index in [1.54, 1.807) is 25.1 Å². The van der Waals surface area contributed by atoms with Crippen molar-refractivity contribution in [2.24, 2.45) is 0 Å². The summed E-state index contributed by atoms with van der Waals surface area (Å²) in [4.78, 5) is 12.0. The molecule has 1 rings (SSSR count). The van der Waals surface area contributed by atoms with Crippen LogP contribution in [0, 0.1) is 0 Å². The van der Waals surface area contributed by atoms with E-state index in [1.807, 2.05) is 0 Å². The van der Waals surface area contributed by atoms with Crippen LogP contribution in [0.3, 0.4) is 0 Å². The maximum absolute atomic E-state index is 12.0. The lowest BCUT2D eigenvalue weighted by molar-refractivity contribution is 0.0891. The van der Waals surface area contributed by atoms with E-state index in [0.29, 0.717) is 12.4 Å². The van der Waals surface area contributed by atoms with Gasteiger partial charge in [-0.1, -0.05) is 12.1 Å². The van der Waals surface area contributed by atoms with E-state index in [9.17, 15) is 9.00 Å². The third-order valence-corrected chi connectivity index (χ3v) is 3.04. The average molecular weight is 308 g/mol. The second-order valence-electron chi connectivity index (χ2n) is 3.17. The van der Waals surface area contributed by atoms with Crippen LogP contribution in [0.4, 0.5) is 0 Å². The highest BCUT2D eigenvalue weighted by molar-refractivity contribution is 8.27. The van der Waals surface area contributed by atoms with Gasteiger partial charge in [-0.25, -0.2) is 4.18 Å². The van der Waals surface area contributed by atoms with Crippen LogP contribution >= 0.6 is 12.6 Å². The number of carbonyl (C=O) groups is 1. The Kier molecular flexibility index (Phi) is 5.54. The van der Waals surface area contributed by atoms with E-state index >= 15 is 0 Å². The molecule has 0 amide bonds. The largest absolute Gasteiger partial charge is 0.493 e. The number of rotatable bonds is 6. The van der Waals surface area contributed by atoms with Gasteiger partial charge in [0, 0.05) is 11.2 Å². The highest BCUT2D eigenvalue weighted by Gasteiger charge is 2.23. The topological polar surface area (TPSA) is 72.8 Å². The van der Waals surface area contributed by atoms with Crippen molar-refractivity contribution >= 4 is 38.7 Å². The van der Waals surface area contributed by atoms with Gasteiger partial charge in [0.15, 0.2) is 5.44 Å². The van der Waals surface area contributed by atoms with Gasteiger partial charge in [-0.05, 0) is 19.1 Å². The molecule has 0 saturated heterocycles. The third-order valence-electron chi connectivity index (χ3n) is 1.89. The minimum atomic E-state index is -3.91. The first-order chi connectivity index (χ1) is 8.35. The summed E-state index contributed by atoms with van der Waals surface area (Å²) in [5.74, 6) is -0.226. The van der Waals surface area contributed by atoms with Crippen molar-refractivity contribution in [3.05, 3.63) is 29.8 Å². The van der Waals surface area contributed by atoms with Crippen LogP contribution in [-0.2, 0) is 24.4 Å². The molecule has 100 valence electrons. The first-order valence-corrected chi connectivity index (χ1v) is 7.83. The molecule has 0 aliphatic heterocycles. The molecule has 0 spiro atoms. The normalized spacial score (nSPS) is 15.7. The van der Waals surface area contributed by atoms with Crippen molar-refractivity contribution in [2.45, 2.75) is 12.4 Å². The predicted octanol–water partition coefficient (Wildman–Crippen LogP) is 1.67. The second kappa shape index (κ2) is 6.48. The van der Waals surface area contributed by atoms with Gasteiger partial charge in [0.2, 0.25) is 5.78 Å². The van der Waals surface area contributed by atoms with Crippen LogP contribution in [0.1, 0.15) is 17.3 Å². The predicted molar refractivity (Wildman–Crippen MR) is 73.9 cm³/mol. The average Bonchev–Trinajstić information content (AvgIpc) is 2.27. The first kappa shape index (κ1) is 15.4. The molecule has 18 heavy (non-hydrogen) atoms. The van der Waals surface area contributed by atoms with Gasteiger partial charge in [0.25, 0.3) is 9.05 Å². The first-order valence-electron chi connectivity index (χ1n) is 4.95. The maximum Gasteiger partial charge on any atom is 0.268 e. The lowest BCUT2D eigenvalue weighted by atomic mass is 10.1. The highest BCUT2D eigenvalue weighted by atomic mass is 32.9. The van der Waals surface area contributed by atoms with Crippen LogP contribution in [0.2, 0.25) is 0 Å². The molecule has 0 saturated carbocycles. The summed E-state index contributed by atoms with van der Waals surface area (Å²) in [5.41, 5.74) is -1.19. The number of ketones is 1. The van der Waals surface area contributed by atoms with Gasteiger partial charge in [-0.3, -0.25) is 9.35 Å². The SMILES string of the molecule is CCOc1ccccc1C(=O)C(S)OS(=O)(O)=S. The smallest absolute Gasteiger partial charge is 0.268 e. The maximum atomic E-state index is 12.0. The molecule has 2 atom stereocenters. The Hall–Kier alpha value is -0.670. The van der Waals surface area contributed by atoms with Crippen molar-refractivity contribution in [2.75, 3.05) is 6.61 Å². The van der Waals surface area contributed by atoms with E-state index in [0.717, 1.165) is 0 Å². The number of Topliss-reactive ketones (excluding diaryl/α,β-unsaturated/α-hetero) is 1. The molecule has 1 N–H and O–H groups in total. The number of ether oxygens (including phenoxy) is 1. The van der Waals surface area contributed by atoms with Crippen LogP contribution in [0.15, 0.2) is 24.3 Å². The van der Waals surface area contributed by atoms with Gasteiger partial charge in [0.05, 0.1) is 12.2 Å². The number of thiol groups is 1. The number of carbonyl (C=O) groups excluding carboxylic acids is 1. The fourth-order valence-electron chi connectivity index (χ4n) is 1.24. The summed E-state index contributed by atoms with van der Waals surface area (Å²) < 4.78 is 29.4. The van der Waals surface area contributed by atoms with Crippen LogP contribution in [0.25, 0.3) is 0 Å². The standard InChI is InChI=1S/C10H12O5S3/c1-2-14-8-6-4-3-5-7(8)9(11)10(16)15-18(12,13)17/h3-6,10,16H,2H2,1H3,(H,12,13,17). The zero-order valence-electron chi connectivity index (χ0n) is 9.44. The minimum Gasteiger partial charge on any atom is -0.493 e. The summed E-state index contributed by atoms with van der Waals surface area (Å²) in [6, 6.07) is 6.47. The Morgan fingerprint density at radius 3 is 2.72 bits per heavy atom. The molecule has 5 nitrogen and oxygen atoms in total. The van der Waals surface area contributed by atoms with E-state index in [4.69, 9.17) is 9.29 Å². The third kappa shape index (κ3) is 4.54. The molecule has 1 aromatic carbocycles. The quantitative estimate of drug-likeness (QED) is 0.473. The summed E-state index contributed by atoms with van der Waals surface area (Å²) in [7, 11) is -3.91. The van der Waals surface area contributed by atoms with Crippen molar-refractivity contribution in [3.63, 3.8) is 0 Å². The number of para-hydroxylation sites is 1. The van der Waals surface area contributed by atoms with E-state index < -0.39 is 20.3 Å². The van der Waals surface area contributed by atoms with E-state index in [-0.39, 0.29) is 5.56 Å². The molecule has 2 unspecified atom stereocenters. The Morgan fingerprint density at radius 1 is 1.56 bits per heavy atom. The van der Waals surface area contributed by atoms with Crippen LogP contribution in [-0.4, -0.2) is 26.6 Å². The molecule has 0 aliphatic rings. The molecule has 0 aromatic heterocycles. The molecule has 8 heteroatoms. The van der Waals surface area contributed by atoms with Crippen molar-refractivity contribution in [3.8, 4) is 5.75 Å². The lowest BCUT2D eigenvalue weighted by Crippen LogP contribution is -2.22.